The largest absolute Gasteiger partial charge is 0.326 e. The highest BCUT2D eigenvalue weighted by Crippen LogP contribution is 2.09. The molecule has 0 heterocycles. The number of hydrogen-bond donors (Lipinski definition) is 2. The summed E-state index contributed by atoms with van der Waals surface area (Å²) in [6.45, 7) is 4.04. The highest BCUT2D eigenvalue weighted by Gasteiger charge is 2.10. The minimum atomic E-state index is -0.280. The molecule has 2 aromatic carbocycles. The van der Waals surface area contributed by atoms with Crippen molar-refractivity contribution in [2.75, 3.05) is 5.32 Å². The van der Waals surface area contributed by atoms with Crippen molar-refractivity contribution < 1.29 is 9.59 Å². The number of benzene rings is 2. The van der Waals surface area contributed by atoms with E-state index in [0.29, 0.717) is 0 Å². The molecule has 0 radical (unpaired) electrons. The first-order valence-corrected chi connectivity index (χ1v) is 8.33. The van der Waals surface area contributed by atoms with E-state index in [1.165, 1.54) is 0 Å². The van der Waals surface area contributed by atoms with Crippen LogP contribution in [0.25, 0.3) is 0 Å². The van der Waals surface area contributed by atoms with E-state index in [1.807, 2.05) is 62.4 Å². The zero-order chi connectivity index (χ0) is 18.1. The summed E-state index contributed by atoms with van der Waals surface area (Å²) in [7, 11) is 0. The maximum atomic E-state index is 12.0. The number of hydrogen-bond acceptors (Lipinski definition) is 3. The van der Waals surface area contributed by atoms with Gasteiger partial charge >= 0.3 is 0 Å². The lowest BCUT2D eigenvalue weighted by Crippen LogP contribution is -2.23. The first-order chi connectivity index (χ1) is 12.1. The lowest BCUT2D eigenvalue weighted by molar-refractivity contribution is -0.124. The number of carbonyl (C=O) groups is 2. The van der Waals surface area contributed by atoms with Gasteiger partial charge in [-0.05, 0) is 23.6 Å². The maximum Gasteiger partial charge on any atom is 0.240 e. The monoisotopic (exact) mass is 337 g/mol. The summed E-state index contributed by atoms with van der Waals surface area (Å²) in [6.07, 6.45) is 0.195. The van der Waals surface area contributed by atoms with Crippen LogP contribution >= 0.6 is 0 Å². The molecular formula is C20H23N3O2. The third-order valence-electron chi connectivity index (χ3n) is 3.55. The molecule has 0 saturated heterocycles. The Bertz CT molecular complexity index is 725. The molecular weight excluding hydrogens is 314 g/mol. The number of carbonyl (C=O) groups excluding carboxylic acids is 2. The summed E-state index contributed by atoms with van der Waals surface area (Å²) in [5.41, 5.74) is 5.05. The molecule has 0 atom stereocenters. The first kappa shape index (κ1) is 18.4. The first-order valence-electron chi connectivity index (χ1n) is 8.33. The molecule has 0 aliphatic heterocycles. The molecule has 0 bridgehead atoms. The average molecular weight is 337 g/mol. The number of anilines is 1. The summed E-state index contributed by atoms with van der Waals surface area (Å²) >= 11 is 0. The molecule has 0 aromatic heterocycles. The van der Waals surface area contributed by atoms with Gasteiger partial charge in [-0.25, -0.2) is 5.43 Å². The topological polar surface area (TPSA) is 70.6 Å². The SMILES string of the molecule is CC(C)/C(=N\NC(=O)CCC(=O)Nc1ccccc1)c1ccccc1. The zero-order valence-corrected chi connectivity index (χ0v) is 14.5. The molecule has 25 heavy (non-hydrogen) atoms. The van der Waals surface area contributed by atoms with Gasteiger partial charge in [-0.15, -0.1) is 0 Å². The Labute approximate surface area is 148 Å². The maximum absolute atomic E-state index is 12.0. The standard InChI is InChI=1S/C20H23N3O2/c1-15(2)20(16-9-5-3-6-10-16)23-22-19(25)14-13-18(24)21-17-11-7-4-8-12-17/h3-12,15H,13-14H2,1-2H3,(H,21,24)(H,22,25)/b23-20+. The normalized spacial score (nSPS) is 11.2. The van der Waals surface area contributed by atoms with Crippen molar-refractivity contribution in [2.24, 2.45) is 11.0 Å². The van der Waals surface area contributed by atoms with Crippen molar-refractivity contribution in [1.29, 1.82) is 0 Å². The third kappa shape index (κ3) is 6.22. The molecule has 2 amide bonds. The minimum Gasteiger partial charge on any atom is -0.326 e. The summed E-state index contributed by atoms with van der Waals surface area (Å²) in [6, 6.07) is 18.9. The second kappa shape index (κ2) is 9.37. The van der Waals surface area contributed by atoms with E-state index in [-0.39, 0.29) is 30.6 Å². The van der Waals surface area contributed by atoms with Crippen molar-refractivity contribution in [2.45, 2.75) is 26.7 Å². The van der Waals surface area contributed by atoms with Crippen LogP contribution < -0.4 is 10.7 Å². The average Bonchev–Trinajstić information content (AvgIpc) is 2.61. The fourth-order valence-electron chi connectivity index (χ4n) is 2.29. The van der Waals surface area contributed by atoms with Crippen molar-refractivity contribution in [3.8, 4) is 0 Å². The fourth-order valence-corrected chi connectivity index (χ4v) is 2.29. The number of hydrazone groups is 1. The van der Waals surface area contributed by atoms with Gasteiger partial charge < -0.3 is 5.32 Å². The summed E-state index contributed by atoms with van der Waals surface area (Å²) in [4.78, 5) is 23.8. The quantitative estimate of drug-likeness (QED) is 0.599. The van der Waals surface area contributed by atoms with Crippen molar-refractivity contribution >= 4 is 23.2 Å². The van der Waals surface area contributed by atoms with Gasteiger partial charge in [-0.2, -0.15) is 5.10 Å². The van der Waals surface area contributed by atoms with Crippen LogP contribution in [0.4, 0.5) is 5.69 Å². The molecule has 0 aliphatic rings. The number of nitrogens with zero attached hydrogens (tertiary/aromatic N) is 1. The predicted molar refractivity (Wildman–Crippen MR) is 100 cm³/mol. The van der Waals surface area contributed by atoms with Gasteiger partial charge in [0, 0.05) is 18.5 Å². The van der Waals surface area contributed by atoms with Gasteiger partial charge in [-0.1, -0.05) is 62.4 Å². The van der Waals surface area contributed by atoms with E-state index >= 15 is 0 Å². The van der Waals surface area contributed by atoms with Gasteiger partial charge in [0.25, 0.3) is 0 Å². The van der Waals surface area contributed by atoms with E-state index in [2.05, 4.69) is 15.8 Å². The minimum absolute atomic E-state index is 0.0856. The molecule has 0 unspecified atom stereocenters. The third-order valence-corrected chi connectivity index (χ3v) is 3.55. The van der Waals surface area contributed by atoms with Crippen LogP contribution in [0.3, 0.4) is 0 Å². The Morgan fingerprint density at radius 3 is 2.04 bits per heavy atom. The molecule has 0 fully saturated rings. The van der Waals surface area contributed by atoms with E-state index < -0.39 is 0 Å². The number of para-hydroxylation sites is 1. The molecule has 0 aliphatic carbocycles. The molecule has 130 valence electrons. The Balaban J connectivity index is 1.85. The van der Waals surface area contributed by atoms with Crippen LogP contribution in [-0.4, -0.2) is 17.5 Å². The second-order valence-electron chi connectivity index (χ2n) is 5.97. The van der Waals surface area contributed by atoms with Gasteiger partial charge in [0.05, 0.1) is 5.71 Å². The Morgan fingerprint density at radius 2 is 1.44 bits per heavy atom. The van der Waals surface area contributed by atoms with Gasteiger partial charge in [0.1, 0.15) is 0 Å². The summed E-state index contributed by atoms with van der Waals surface area (Å²) < 4.78 is 0. The van der Waals surface area contributed by atoms with Crippen LogP contribution in [0.1, 0.15) is 32.3 Å². The van der Waals surface area contributed by atoms with Crippen LogP contribution in [0, 0.1) is 5.92 Å². The van der Waals surface area contributed by atoms with Crippen LogP contribution in [0.5, 0.6) is 0 Å². The number of rotatable bonds is 7. The fraction of sp³-hybridized carbons (Fsp3) is 0.250. The zero-order valence-electron chi connectivity index (χ0n) is 14.5. The number of amides is 2. The van der Waals surface area contributed by atoms with Gasteiger partial charge in [-0.3, -0.25) is 9.59 Å². The van der Waals surface area contributed by atoms with Crippen molar-refractivity contribution in [3.63, 3.8) is 0 Å². The van der Waals surface area contributed by atoms with E-state index in [9.17, 15) is 9.59 Å². The molecule has 5 heteroatoms. The smallest absolute Gasteiger partial charge is 0.240 e. The number of nitrogens with one attached hydrogen (secondary N) is 2. The van der Waals surface area contributed by atoms with Gasteiger partial charge in [0.15, 0.2) is 0 Å². The molecule has 5 nitrogen and oxygen atoms in total. The summed E-state index contributed by atoms with van der Waals surface area (Å²) in [5, 5.41) is 6.99. The van der Waals surface area contributed by atoms with Crippen molar-refractivity contribution in [1.82, 2.24) is 5.43 Å². The van der Waals surface area contributed by atoms with E-state index in [1.54, 1.807) is 12.1 Å². The van der Waals surface area contributed by atoms with Crippen LogP contribution in [0.15, 0.2) is 65.8 Å². The Morgan fingerprint density at radius 1 is 0.880 bits per heavy atom. The molecule has 2 N–H and O–H groups in total. The van der Waals surface area contributed by atoms with Crippen LogP contribution in [0.2, 0.25) is 0 Å². The van der Waals surface area contributed by atoms with Crippen molar-refractivity contribution in [3.05, 3.63) is 66.2 Å². The Hall–Kier alpha value is -2.95. The van der Waals surface area contributed by atoms with E-state index in [0.717, 1.165) is 17.0 Å². The lowest BCUT2D eigenvalue weighted by Gasteiger charge is -2.10. The molecule has 2 aromatic rings. The Kier molecular flexibility index (Phi) is 6.89. The summed E-state index contributed by atoms with van der Waals surface area (Å²) in [5.74, 6) is -0.307. The molecule has 0 saturated carbocycles. The molecule has 2 rings (SSSR count). The highest BCUT2D eigenvalue weighted by molar-refractivity contribution is 6.02. The van der Waals surface area contributed by atoms with Gasteiger partial charge in [0.2, 0.25) is 11.8 Å². The second-order valence-corrected chi connectivity index (χ2v) is 5.97. The lowest BCUT2D eigenvalue weighted by atomic mass is 10.0. The van der Waals surface area contributed by atoms with Crippen LogP contribution in [-0.2, 0) is 9.59 Å². The predicted octanol–water partition coefficient (Wildman–Crippen LogP) is 3.58. The highest BCUT2D eigenvalue weighted by atomic mass is 16.2. The molecule has 0 spiro atoms. The van der Waals surface area contributed by atoms with E-state index in [4.69, 9.17) is 0 Å².